The van der Waals surface area contributed by atoms with Crippen molar-refractivity contribution in [2.75, 3.05) is 38.3 Å². The topological polar surface area (TPSA) is 48.0 Å². The largest absolute Gasteiger partial charge is 0.497 e. The van der Waals surface area contributed by atoms with Gasteiger partial charge in [-0.25, -0.2) is 0 Å². The summed E-state index contributed by atoms with van der Waals surface area (Å²) in [6.45, 7) is 3.20. The van der Waals surface area contributed by atoms with Gasteiger partial charge in [0, 0.05) is 46.4 Å². The summed E-state index contributed by atoms with van der Waals surface area (Å²) in [5.41, 5.74) is 10.4. The van der Waals surface area contributed by atoms with Crippen LogP contribution in [0.1, 0.15) is 49.3 Å². The van der Waals surface area contributed by atoms with E-state index in [-0.39, 0.29) is 0 Å². The molecular formula is C52H37NO4. The zero-order valence-electron chi connectivity index (χ0n) is 31.4. The summed E-state index contributed by atoms with van der Waals surface area (Å²) >= 11 is 0. The first kappa shape index (κ1) is 32.5. The molecule has 1 atom stereocenters. The molecule has 0 radical (unpaired) electrons. The number of hydrogen-bond acceptors (Lipinski definition) is 5. The number of carbonyl (C=O) groups excluding carboxylic acids is 1. The van der Waals surface area contributed by atoms with Crippen LogP contribution in [0.2, 0.25) is 0 Å². The summed E-state index contributed by atoms with van der Waals surface area (Å²) < 4.78 is 19.3. The number of rotatable bonds is 5. The Kier molecular flexibility index (Phi) is 6.80. The Bertz CT molecular complexity index is 2970. The van der Waals surface area contributed by atoms with E-state index >= 15 is 0 Å². The number of methoxy groups -OCH3 is 1. The van der Waals surface area contributed by atoms with Gasteiger partial charge >= 0.3 is 0 Å². The van der Waals surface area contributed by atoms with E-state index in [1.807, 2.05) is 6.07 Å². The van der Waals surface area contributed by atoms with Crippen molar-refractivity contribution in [3.8, 4) is 22.6 Å². The number of nitrogens with zero attached hydrogens (tertiary/aromatic N) is 1. The maximum absolute atomic E-state index is 12.6. The number of carbonyl (C=O) groups is 1. The van der Waals surface area contributed by atoms with E-state index in [2.05, 4.69) is 151 Å². The first-order valence-corrected chi connectivity index (χ1v) is 19.7. The Morgan fingerprint density at radius 2 is 1.40 bits per heavy atom. The zero-order chi connectivity index (χ0) is 37.9. The molecule has 0 bridgehead atoms. The second-order valence-electron chi connectivity index (χ2n) is 15.6. The van der Waals surface area contributed by atoms with Crippen LogP contribution in [0.5, 0.6) is 11.5 Å². The van der Waals surface area contributed by atoms with Gasteiger partial charge in [0.15, 0.2) is 5.60 Å². The van der Waals surface area contributed by atoms with E-state index in [0.29, 0.717) is 5.56 Å². The number of hydrogen-bond donors (Lipinski definition) is 0. The molecule has 4 aliphatic rings. The van der Waals surface area contributed by atoms with Crippen molar-refractivity contribution >= 4 is 50.4 Å². The van der Waals surface area contributed by atoms with Crippen molar-refractivity contribution in [3.05, 3.63) is 190 Å². The molecule has 0 saturated carbocycles. The molecule has 2 aliphatic carbocycles. The molecule has 0 amide bonds. The summed E-state index contributed by atoms with van der Waals surface area (Å²) in [6.07, 6.45) is 5.55. The molecule has 0 aromatic heterocycles. The van der Waals surface area contributed by atoms with Gasteiger partial charge in [0.1, 0.15) is 17.8 Å². The van der Waals surface area contributed by atoms with Crippen LogP contribution < -0.4 is 14.4 Å². The molecule has 274 valence electrons. The van der Waals surface area contributed by atoms with E-state index in [1.165, 1.54) is 43.9 Å². The quantitative estimate of drug-likeness (QED) is 0.130. The van der Waals surface area contributed by atoms with Crippen molar-refractivity contribution in [2.24, 2.45) is 0 Å². The Morgan fingerprint density at radius 3 is 2.11 bits per heavy atom. The Balaban J connectivity index is 1.19. The van der Waals surface area contributed by atoms with Gasteiger partial charge in [-0.05, 0) is 103 Å². The average molecular weight is 740 g/mol. The van der Waals surface area contributed by atoms with Gasteiger partial charge in [-0.1, -0.05) is 109 Å². The van der Waals surface area contributed by atoms with Gasteiger partial charge < -0.3 is 19.1 Å². The highest BCUT2D eigenvalue weighted by atomic mass is 16.5. The van der Waals surface area contributed by atoms with Crippen LogP contribution in [0.25, 0.3) is 49.5 Å². The Hall–Kier alpha value is -6.69. The van der Waals surface area contributed by atoms with Gasteiger partial charge in [0.25, 0.3) is 0 Å². The minimum absolute atomic E-state index is 0.659. The number of ether oxygens (including phenoxy) is 3. The van der Waals surface area contributed by atoms with E-state index in [1.54, 1.807) is 7.11 Å². The van der Waals surface area contributed by atoms with Crippen LogP contribution in [0, 0.1) is 0 Å². The predicted molar refractivity (Wildman–Crippen MR) is 228 cm³/mol. The normalized spacial score (nSPS) is 18.2. The number of benzene rings is 8. The lowest BCUT2D eigenvalue weighted by atomic mass is 9.67. The molecule has 1 spiro atoms. The summed E-state index contributed by atoms with van der Waals surface area (Å²) in [5.74, 6) is 1.57. The summed E-state index contributed by atoms with van der Waals surface area (Å²) in [5, 5.41) is 7.01. The van der Waals surface area contributed by atoms with Gasteiger partial charge in [-0.15, -0.1) is 0 Å². The van der Waals surface area contributed by atoms with Gasteiger partial charge in [0.2, 0.25) is 0 Å². The highest BCUT2D eigenvalue weighted by molar-refractivity contribution is 6.20. The second-order valence-corrected chi connectivity index (χ2v) is 15.6. The van der Waals surface area contributed by atoms with Crippen molar-refractivity contribution in [3.63, 3.8) is 0 Å². The standard InChI is InChI=1S/C52H37NO4/c1-55-38-20-22-39-42(30-38)50-41(23-24-51(57-50,35-9-3-2-4-10-35)36-16-18-37(19-17-36)53-25-27-56-28-26-53)49-48(39)40-21-13-32(31-54)29-45(40)52(49)43-11-5-7-33-14-15-34-8-6-12-44(52)47(34)46(33)43/h2-24,29-31H,25-28H2,1H3. The van der Waals surface area contributed by atoms with Crippen LogP contribution >= 0.6 is 0 Å². The SMILES string of the molecule is COc1ccc2c3c(c4c(c2c1)OC(c1ccccc1)(c1ccc(N2CCOCC2)cc1)C=C4)C1(c2cc(C=O)ccc2-3)c2cccc3ccc4cccc1c4c23. The molecule has 12 rings (SSSR count). The second kappa shape index (κ2) is 11.9. The van der Waals surface area contributed by atoms with Crippen molar-refractivity contribution in [2.45, 2.75) is 11.0 Å². The van der Waals surface area contributed by atoms with Crippen LogP contribution in [0.15, 0.2) is 146 Å². The smallest absolute Gasteiger partial charge is 0.178 e. The van der Waals surface area contributed by atoms with Crippen LogP contribution in [0.4, 0.5) is 5.69 Å². The van der Waals surface area contributed by atoms with E-state index in [9.17, 15) is 4.79 Å². The van der Waals surface area contributed by atoms with Gasteiger partial charge in [0.05, 0.1) is 25.7 Å². The van der Waals surface area contributed by atoms with Crippen LogP contribution in [-0.4, -0.2) is 39.7 Å². The van der Waals surface area contributed by atoms with Crippen molar-refractivity contribution < 1.29 is 19.0 Å². The molecular weight excluding hydrogens is 703 g/mol. The van der Waals surface area contributed by atoms with Gasteiger partial charge in [-0.3, -0.25) is 4.79 Å². The first-order chi connectivity index (χ1) is 28.1. The fourth-order valence-electron chi connectivity index (χ4n) is 10.6. The summed E-state index contributed by atoms with van der Waals surface area (Å²) in [4.78, 5) is 15.0. The molecule has 1 saturated heterocycles. The number of fused-ring (bicyclic) bond motifs is 12. The Morgan fingerprint density at radius 1 is 0.684 bits per heavy atom. The van der Waals surface area contributed by atoms with E-state index in [4.69, 9.17) is 14.2 Å². The average Bonchev–Trinajstić information content (AvgIpc) is 3.77. The van der Waals surface area contributed by atoms with E-state index < -0.39 is 11.0 Å². The van der Waals surface area contributed by atoms with E-state index in [0.717, 1.165) is 88.2 Å². The number of morpholine rings is 1. The molecule has 8 aromatic rings. The molecule has 2 aliphatic heterocycles. The van der Waals surface area contributed by atoms with Crippen LogP contribution in [0.3, 0.4) is 0 Å². The third-order valence-corrected chi connectivity index (χ3v) is 13.0. The molecule has 5 nitrogen and oxygen atoms in total. The monoisotopic (exact) mass is 739 g/mol. The van der Waals surface area contributed by atoms with Crippen LogP contribution in [-0.2, 0) is 15.8 Å². The zero-order valence-corrected chi connectivity index (χ0v) is 31.4. The molecule has 8 aromatic carbocycles. The fourth-order valence-corrected chi connectivity index (χ4v) is 10.6. The number of anilines is 1. The third-order valence-electron chi connectivity index (χ3n) is 13.0. The highest BCUT2D eigenvalue weighted by Crippen LogP contribution is 2.66. The molecule has 2 heterocycles. The fraction of sp³-hybridized carbons (Fsp3) is 0.135. The predicted octanol–water partition coefficient (Wildman–Crippen LogP) is 10.8. The third kappa shape index (κ3) is 4.24. The lowest BCUT2D eigenvalue weighted by Crippen LogP contribution is -2.37. The van der Waals surface area contributed by atoms with Crippen molar-refractivity contribution in [1.29, 1.82) is 0 Å². The van der Waals surface area contributed by atoms with Crippen molar-refractivity contribution in [1.82, 2.24) is 0 Å². The summed E-state index contributed by atoms with van der Waals surface area (Å²) in [7, 11) is 1.72. The minimum atomic E-state index is -0.927. The maximum Gasteiger partial charge on any atom is 0.178 e. The summed E-state index contributed by atoms with van der Waals surface area (Å²) in [6, 6.07) is 49.9. The first-order valence-electron chi connectivity index (χ1n) is 19.7. The molecule has 0 N–H and O–H groups in total. The lowest BCUT2D eigenvalue weighted by molar-refractivity contribution is 0.112. The lowest BCUT2D eigenvalue weighted by Gasteiger charge is -2.39. The maximum atomic E-state index is 12.6. The minimum Gasteiger partial charge on any atom is -0.497 e. The molecule has 5 heteroatoms. The molecule has 1 fully saturated rings. The van der Waals surface area contributed by atoms with Gasteiger partial charge in [-0.2, -0.15) is 0 Å². The molecule has 1 unspecified atom stereocenters. The Labute approximate surface area is 330 Å². The molecule has 57 heavy (non-hydrogen) atoms. The highest BCUT2D eigenvalue weighted by Gasteiger charge is 2.54. The number of aldehydes is 1.